The summed E-state index contributed by atoms with van der Waals surface area (Å²) in [6, 6.07) is 23.1. The highest BCUT2D eigenvalue weighted by molar-refractivity contribution is 9.10. The highest BCUT2D eigenvalue weighted by Crippen LogP contribution is 2.39. The van der Waals surface area contributed by atoms with Crippen LogP contribution < -0.4 is 0 Å². The average Bonchev–Trinajstić information content (AvgIpc) is 3.56. The molecule has 7 rings (SSSR count). The molecule has 1 aliphatic carbocycles. The van der Waals surface area contributed by atoms with Crippen molar-refractivity contribution in [3.8, 4) is 0 Å². The van der Waals surface area contributed by atoms with Gasteiger partial charge in [0.05, 0.1) is 18.1 Å². The fourth-order valence-electron chi connectivity index (χ4n) is 7.14. The van der Waals surface area contributed by atoms with E-state index in [2.05, 4.69) is 91.0 Å². The Morgan fingerprint density at radius 2 is 1.84 bits per heavy atom. The molecular weight excluding hydrogens is 728 g/mol. The molecule has 2 aromatic heterocycles. The van der Waals surface area contributed by atoms with Crippen LogP contribution in [-0.4, -0.2) is 73.5 Å². The largest absolute Gasteiger partial charge is 0.444 e. The first-order valence-electron chi connectivity index (χ1n) is 17.6. The van der Waals surface area contributed by atoms with E-state index in [1.165, 1.54) is 27.5 Å². The molecule has 1 saturated heterocycles. The smallest absolute Gasteiger partial charge is 0.412 e. The number of imidazole rings is 1. The number of nitrogens with zero attached hydrogens (tertiary/aromatic N) is 6. The summed E-state index contributed by atoms with van der Waals surface area (Å²) in [6.45, 7) is 9.19. The van der Waals surface area contributed by atoms with Gasteiger partial charge in [-0.1, -0.05) is 54.1 Å². The van der Waals surface area contributed by atoms with Crippen molar-refractivity contribution in [1.82, 2.24) is 29.4 Å². The fraction of sp³-hybridized carbons (Fsp3) is 0.375. The molecule has 2 atom stereocenters. The predicted octanol–water partition coefficient (Wildman–Crippen LogP) is 8.44. The normalized spacial score (nSPS) is 18.0. The second-order valence-corrected chi connectivity index (χ2v) is 15.7. The summed E-state index contributed by atoms with van der Waals surface area (Å²) in [4.78, 5) is 34.2. The fourth-order valence-corrected chi connectivity index (χ4v) is 7.71. The molecule has 1 amide bonds. The van der Waals surface area contributed by atoms with Gasteiger partial charge in [0.15, 0.2) is 6.23 Å². The minimum absolute atomic E-state index is 0.134. The highest BCUT2D eigenvalue weighted by Gasteiger charge is 2.40. The number of aryl methyl sites for hydroxylation is 3. The number of halogens is 2. The van der Waals surface area contributed by atoms with Crippen LogP contribution in [0.5, 0.6) is 0 Å². The lowest BCUT2D eigenvalue weighted by molar-refractivity contribution is -0.254. The Morgan fingerprint density at radius 3 is 2.65 bits per heavy atom. The van der Waals surface area contributed by atoms with Crippen LogP contribution in [0.3, 0.4) is 0 Å². The molecule has 1 fully saturated rings. The summed E-state index contributed by atoms with van der Waals surface area (Å²) in [7, 11) is 0. The van der Waals surface area contributed by atoms with Gasteiger partial charge in [0.25, 0.3) is 0 Å². The first-order chi connectivity index (χ1) is 24.6. The standard InChI is InChI=1S/C40H44BrClN6O3/c1-40(2,3)50-39(49)48-20-19-46(38-35-14-13-34(42)23-31(35)11-12-32-22-33(41)24-44-37(32)38)26-36(48)51-47(17-6-16-45-18-15-43-27-45)25-28-9-10-29-7-4-5-8-30(29)21-28/h4-5,7-10,13-15,18,21-24,27,36,38H,6,11-12,16-17,19-20,25-26H2,1-3H3/t36-,38?/m0/s1. The van der Waals surface area contributed by atoms with Gasteiger partial charge in [0.1, 0.15) is 5.60 Å². The number of fused-ring (bicyclic) bond motifs is 3. The number of piperazine rings is 1. The minimum Gasteiger partial charge on any atom is -0.444 e. The molecule has 3 aromatic carbocycles. The number of hydrogen-bond acceptors (Lipinski definition) is 7. The van der Waals surface area contributed by atoms with Crippen molar-refractivity contribution in [2.24, 2.45) is 0 Å². The van der Waals surface area contributed by atoms with Crippen molar-refractivity contribution in [2.45, 2.75) is 71.0 Å². The average molecular weight is 772 g/mol. The maximum Gasteiger partial charge on any atom is 0.412 e. The zero-order valence-electron chi connectivity index (χ0n) is 29.3. The van der Waals surface area contributed by atoms with Gasteiger partial charge in [-0.3, -0.25) is 19.6 Å². The summed E-state index contributed by atoms with van der Waals surface area (Å²) in [5.74, 6) is 0. The lowest BCUT2D eigenvalue weighted by Gasteiger charge is -2.45. The molecule has 2 aliphatic rings. The van der Waals surface area contributed by atoms with E-state index in [9.17, 15) is 4.79 Å². The molecule has 51 heavy (non-hydrogen) atoms. The van der Waals surface area contributed by atoms with E-state index in [1.54, 1.807) is 11.1 Å². The van der Waals surface area contributed by atoms with E-state index in [1.807, 2.05) is 50.6 Å². The first kappa shape index (κ1) is 35.6. The molecule has 0 saturated carbocycles. The third kappa shape index (κ3) is 8.64. The Labute approximate surface area is 313 Å². The third-order valence-corrected chi connectivity index (χ3v) is 10.1. The van der Waals surface area contributed by atoms with Crippen LogP contribution in [0.4, 0.5) is 4.79 Å². The number of amides is 1. The van der Waals surface area contributed by atoms with E-state index in [4.69, 9.17) is 26.2 Å². The van der Waals surface area contributed by atoms with E-state index in [0.717, 1.165) is 46.6 Å². The van der Waals surface area contributed by atoms with Gasteiger partial charge in [0.2, 0.25) is 0 Å². The number of pyridine rings is 1. The summed E-state index contributed by atoms with van der Waals surface area (Å²) < 4.78 is 8.98. The lowest BCUT2D eigenvalue weighted by Crippen LogP contribution is -2.59. The Bertz CT molecular complexity index is 1930. The Morgan fingerprint density at radius 1 is 1.02 bits per heavy atom. The summed E-state index contributed by atoms with van der Waals surface area (Å²) in [6.07, 6.45) is 9.04. The van der Waals surface area contributed by atoms with E-state index in [-0.39, 0.29) is 12.1 Å². The predicted molar refractivity (Wildman–Crippen MR) is 203 cm³/mol. The van der Waals surface area contributed by atoms with Crippen molar-refractivity contribution in [3.63, 3.8) is 0 Å². The Kier molecular flexibility index (Phi) is 10.8. The van der Waals surface area contributed by atoms with Gasteiger partial charge in [-0.25, -0.2) is 9.78 Å². The van der Waals surface area contributed by atoms with Crippen LogP contribution in [0.15, 0.2) is 96.1 Å². The molecule has 0 bridgehead atoms. The third-order valence-electron chi connectivity index (χ3n) is 9.48. The van der Waals surface area contributed by atoms with Crippen LogP contribution in [0.2, 0.25) is 5.02 Å². The first-order valence-corrected chi connectivity index (χ1v) is 18.8. The van der Waals surface area contributed by atoms with Crippen LogP contribution >= 0.6 is 27.5 Å². The molecule has 266 valence electrons. The van der Waals surface area contributed by atoms with Crippen molar-refractivity contribution in [2.75, 3.05) is 26.2 Å². The number of hydroxylamine groups is 2. The van der Waals surface area contributed by atoms with Crippen molar-refractivity contribution in [1.29, 1.82) is 0 Å². The second-order valence-electron chi connectivity index (χ2n) is 14.4. The van der Waals surface area contributed by atoms with Crippen molar-refractivity contribution in [3.05, 3.63) is 129 Å². The lowest BCUT2D eigenvalue weighted by atomic mass is 9.96. The monoisotopic (exact) mass is 770 g/mol. The van der Waals surface area contributed by atoms with Crippen LogP contribution in [-0.2, 0) is 35.5 Å². The zero-order chi connectivity index (χ0) is 35.5. The van der Waals surface area contributed by atoms with Gasteiger partial charge in [0, 0.05) is 67.4 Å². The SMILES string of the molecule is CC(C)(C)OC(=O)N1CCN(C2c3ccc(Cl)cc3CCc3cc(Br)cnc32)C[C@@H]1ON(CCCn1ccnc1)Cc1ccc2ccccc2c1. The van der Waals surface area contributed by atoms with Crippen molar-refractivity contribution >= 4 is 44.4 Å². The number of carbonyl (C=O) groups is 1. The Balaban J connectivity index is 1.22. The van der Waals surface area contributed by atoms with Crippen LogP contribution in [0, 0.1) is 0 Å². The van der Waals surface area contributed by atoms with Crippen LogP contribution in [0.25, 0.3) is 10.8 Å². The van der Waals surface area contributed by atoms with Crippen LogP contribution in [0.1, 0.15) is 61.2 Å². The molecular formula is C40H44BrClN6O3. The second kappa shape index (κ2) is 15.4. The quantitative estimate of drug-likeness (QED) is 0.139. The highest BCUT2D eigenvalue weighted by atomic mass is 79.9. The number of benzene rings is 3. The molecule has 9 nitrogen and oxygen atoms in total. The van der Waals surface area contributed by atoms with Crippen molar-refractivity contribution < 1.29 is 14.4 Å². The van der Waals surface area contributed by atoms with Gasteiger partial charge in [-0.15, -0.1) is 0 Å². The minimum atomic E-state index is -0.649. The number of rotatable bonds is 9. The van der Waals surface area contributed by atoms with E-state index < -0.39 is 11.8 Å². The van der Waals surface area contributed by atoms with Gasteiger partial charge >= 0.3 is 6.09 Å². The molecule has 0 radical (unpaired) electrons. The topological polar surface area (TPSA) is 76.0 Å². The zero-order valence-corrected chi connectivity index (χ0v) is 31.7. The summed E-state index contributed by atoms with van der Waals surface area (Å²) >= 11 is 10.2. The molecule has 5 aromatic rings. The van der Waals surface area contributed by atoms with Gasteiger partial charge in [-0.2, -0.15) is 5.06 Å². The molecule has 3 heterocycles. The molecule has 11 heteroatoms. The molecule has 1 aliphatic heterocycles. The summed E-state index contributed by atoms with van der Waals surface area (Å²) in [5.41, 5.74) is 5.11. The van der Waals surface area contributed by atoms with Gasteiger partial charge < -0.3 is 9.30 Å². The number of hydrogen-bond donors (Lipinski definition) is 0. The van der Waals surface area contributed by atoms with E-state index >= 15 is 0 Å². The van der Waals surface area contributed by atoms with Gasteiger partial charge in [-0.05, 0) is 113 Å². The Hall–Kier alpha value is -3.80. The number of ether oxygens (including phenoxy) is 1. The van der Waals surface area contributed by atoms with E-state index in [0.29, 0.717) is 32.7 Å². The maximum absolute atomic E-state index is 13.8. The maximum atomic E-state index is 13.8. The molecule has 1 unspecified atom stereocenters. The number of aromatic nitrogens is 3. The summed E-state index contributed by atoms with van der Waals surface area (Å²) in [5, 5.41) is 5.11. The molecule has 0 spiro atoms. The number of carbonyl (C=O) groups excluding carboxylic acids is 1. The molecule has 0 N–H and O–H groups in total.